The van der Waals surface area contributed by atoms with Gasteiger partial charge in [0.2, 0.25) is 0 Å². The average molecular weight is 487 g/mol. The third-order valence-corrected chi connectivity index (χ3v) is 9.05. The molecule has 0 atom stereocenters. The Kier molecular flexibility index (Phi) is 6.43. The molecule has 4 nitrogen and oxygen atoms in total. The maximum absolute atomic E-state index is 10.7. The summed E-state index contributed by atoms with van der Waals surface area (Å²) in [5.41, 5.74) is 5.05. The van der Waals surface area contributed by atoms with Crippen molar-refractivity contribution >= 4 is 10.8 Å². The summed E-state index contributed by atoms with van der Waals surface area (Å²) in [7, 11) is 1.68. The predicted molar refractivity (Wildman–Crippen MR) is 144 cm³/mol. The van der Waals surface area contributed by atoms with Gasteiger partial charge in [-0.05, 0) is 114 Å². The molecule has 36 heavy (non-hydrogen) atoms. The Morgan fingerprint density at radius 2 is 1.56 bits per heavy atom. The number of aryl methyl sites for hydroxylation is 1. The van der Waals surface area contributed by atoms with Crippen LogP contribution in [-0.2, 0) is 21.3 Å². The van der Waals surface area contributed by atoms with Crippen molar-refractivity contribution in [1.82, 2.24) is 0 Å². The molecule has 0 heterocycles. The highest BCUT2D eigenvalue weighted by molar-refractivity contribution is 5.92. The van der Waals surface area contributed by atoms with E-state index >= 15 is 0 Å². The van der Waals surface area contributed by atoms with Gasteiger partial charge in [-0.25, -0.2) is 0 Å². The third-order valence-electron chi connectivity index (χ3n) is 9.05. The fraction of sp³-hybridized carbons (Fsp3) is 0.500. The molecule has 0 saturated heterocycles. The highest BCUT2D eigenvalue weighted by Gasteiger charge is 2.52. The van der Waals surface area contributed by atoms with Crippen LogP contribution in [0.4, 0.5) is 0 Å². The van der Waals surface area contributed by atoms with Crippen LogP contribution in [0.15, 0.2) is 48.5 Å². The highest BCUT2D eigenvalue weighted by atomic mass is 16.7. The summed E-state index contributed by atoms with van der Waals surface area (Å²) < 4.78 is 17.0. The molecule has 4 aliphatic carbocycles. The molecular weight excluding hydrogens is 448 g/mol. The maximum Gasteiger partial charge on any atom is 0.189 e. The van der Waals surface area contributed by atoms with E-state index in [0.29, 0.717) is 19.0 Å². The van der Waals surface area contributed by atoms with Gasteiger partial charge < -0.3 is 19.3 Å². The number of phenolic OH excluding ortho intramolecular Hbond substituents is 1. The molecule has 0 radical (unpaired) electrons. The second-order valence-corrected chi connectivity index (χ2v) is 11.5. The highest BCUT2D eigenvalue weighted by Crippen LogP contribution is 2.62. The number of ether oxygens (including phenoxy) is 3. The molecule has 190 valence electrons. The zero-order chi connectivity index (χ0) is 24.7. The van der Waals surface area contributed by atoms with Crippen LogP contribution < -0.4 is 4.74 Å². The molecule has 3 aromatic carbocycles. The first-order valence-corrected chi connectivity index (χ1v) is 13.7. The van der Waals surface area contributed by atoms with Crippen molar-refractivity contribution in [2.75, 3.05) is 27.1 Å². The van der Waals surface area contributed by atoms with Crippen LogP contribution in [0, 0.1) is 17.8 Å². The van der Waals surface area contributed by atoms with Crippen LogP contribution in [0.2, 0.25) is 0 Å². The quantitative estimate of drug-likeness (QED) is 0.256. The van der Waals surface area contributed by atoms with Crippen molar-refractivity contribution in [2.24, 2.45) is 17.8 Å². The van der Waals surface area contributed by atoms with E-state index in [0.717, 1.165) is 51.8 Å². The van der Waals surface area contributed by atoms with Crippen LogP contribution in [0.3, 0.4) is 0 Å². The summed E-state index contributed by atoms with van der Waals surface area (Å²) in [6.07, 6.45) is 9.00. The van der Waals surface area contributed by atoms with Crippen LogP contribution in [0.25, 0.3) is 21.9 Å². The molecule has 0 unspecified atom stereocenters. The van der Waals surface area contributed by atoms with Gasteiger partial charge in [0.05, 0.1) is 13.2 Å². The Bertz CT molecular complexity index is 1210. The van der Waals surface area contributed by atoms with Gasteiger partial charge in [0, 0.05) is 18.1 Å². The smallest absolute Gasteiger partial charge is 0.189 e. The summed E-state index contributed by atoms with van der Waals surface area (Å²) >= 11 is 0. The van der Waals surface area contributed by atoms with Crippen LogP contribution in [-0.4, -0.2) is 32.2 Å². The van der Waals surface area contributed by atoms with E-state index in [1.165, 1.54) is 49.7 Å². The Balaban J connectivity index is 1.37. The lowest BCUT2D eigenvalue weighted by atomic mass is 9.48. The number of rotatable bonds is 9. The van der Waals surface area contributed by atoms with E-state index in [4.69, 9.17) is 14.2 Å². The first kappa shape index (κ1) is 23.8. The van der Waals surface area contributed by atoms with Crippen molar-refractivity contribution in [3.05, 3.63) is 59.7 Å². The summed E-state index contributed by atoms with van der Waals surface area (Å²) in [6.45, 7) is 3.46. The van der Waals surface area contributed by atoms with E-state index in [9.17, 15) is 5.11 Å². The van der Waals surface area contributed by atoms with Crippen molar-refractivity contribution in [1.29, 1.82) is 0 Å². The maximum atomic E-state index is 10.7. The second-order valence-electron chi connectivity index (χ2n) is 11.5. The predicted octanol–water partition coefficient (Wildman–Crippen LogP) is 7.24. The minimum Gasteiger partial charge on any atom is -0.507 e. The van der Waals surface area contributed by atoms with E-state index in [2.05, 4.69) is 49.4 Å². The molecule has 7 rings (SSSR count). The Hall–Kier alpha value is -2.56. The third kappa shape index (κ3) is 4.39. The van der Waals surface area contributed by atoms with E-state index in [-0.39, 0.29) is 12.2 Å². The largest absolute Gasteiger partial charge is 0.507 e. The molecule has 0 spiro atoms. The van der Waals surface area contributed by atoms with Gasteiger partial charge in [0.25, 0.3) is 0 Å². The second kappa shape index (κ2) is 9.72. The summed E-state index contributed by atoms with van der Waals surface area (Å²) in [5.74, 6) is 3.90. The number of phenols is 1. The number of benzene rings is 3. The van der Waals surface area contributed by atoms with Crippen LogP contribution in [0.5, 0.6) is 11.5 Å². The van der Waals surface area contributed by atoms with Crippen molar-refractivity contribution < 1.29 is 19.3 Å². The SMILES string of the molecule is CCc1cc(O)c2cc(-c3ccc(OCOCCOC)c(C45CC6CC(CC(C6)C4)C5)c3)ccc2c1. The molecule has 3 aromatic rings. The van der Waals surface area contributed by atoms with Gasteiger partial charge >= 0.3 is 0 Å². The van der Waals surface area contributed by atoms with Gasteiger partial charge in [-0.15, -0.1) is 0 Å². The lowest BCUT2D eigenvalue weighted by Crippen LogP contribution is -2.48. The number of hydrogen-bond acceptors (Lipinski definition) is 4. The summed E-state index contributed by atoms with van der Waals surface area (Å²) in [5, 5.41) is 12.7. The van der Waals surface area contributed by atoms with Gasteiger partial charge in [0.15, 0.2) is 6.79 Å². The Morgan fingerprint density at radius 3 is 2.25 bits per heavy atom. The molecule has 4 heteroatoms. The Labute approximate surface area is 214 Å². The monoisotopic (exact) mass is 486 g/mol. The molecule has 4 fully saturated rings. The molecule has 4 saturated carbocycles. The summed E-state index contributed by atoms with van der Waals surface area (Å²) in [4.78, 5) is 0. The van der Waals surface area contributed by atoms with E-state index in [1.807, 2.05) is 6.07 Å². The minimum absolute atomic E-state index is 0.210. The lowest BCUT2D eigenvalue weighted by molar-refractivity contribution is -0.0189. The van der Waals surface area contributed by atoms with Gasteiger partial charge in [-0.1, -0.05) is 31.2 Å². The van der Waals surface area contributed by atoms with Gasteiger partial charge in [-0.3, -0.25) is 0 Å². The molecule has 4 aliphatic rings. The standard InChI is InChI=1S/C32H38O4/c1-3-21-13-27-5-4-25(15-28(27)30(33)14-21)26-6-7-31(36-20-35-9-8-34-2)29(16-26)32-17-22-10-23(18-32)12-24(11-22)19-32/h4-7,13-16,22-24,33H,3,8-12,17-20H2,1-2H3. The molecular formula is C32H38O4. The zero-order valence-electron chi connectivity index (χ0n) is 21.6. The molecule has 0 aliphatic heterocycles. The fourth-order valence-corrected chi connectivity index (χ4v) is 7.78. The lowest BCUT2D eigenvalue weighted by Gasteiger charge is -2.57. The van der Waals surface area contributed by atoms with E-state index < -0.39 is 0 Å². The number of hydrogen-bond donors (Lipinski definition) is 1. The van der Waals surface area contributed by atoms with Crippen LogP contribution >= 0.6 is 0 Å². The molecule has 0 aromatic heterocycles. The van der Waals surface area contributed by atoms with Crippen molar-refractivity contribution in [3.63, 3.8) is 0 Å². The van der Waals surface area contributed by atoms with Crippen LogP contribution in [0.1, 0.15) is 56.6 Å². The Morgan fingerprint density at radius 1 is 0.861 bits per heavy atom. The van der Waals surface area contributed by atoms with Gasteiger partial charge in [-0.2, -0.15) is 0 Å². The average Bonchev–Trinajstić information content (AvgIpc) is 2.87. The van der Waals surface area contributed by atoms with Crippen molar-refractivity contribution in [3.8, 4) is 22.6 Å². The normalized spacial score (nSPS) is 26.6. The first-order chi connectivity index (χ1) is 17.6. The molecule has 0 amide bonds. The summed E-state index contributed by atoms with van der Waals surface area (Å²) in [6, 6.07) is 17.2. The minimum atomic E-state index is 0.210. The molecule has 1 N–H and O–H groups in total. The number of methoxy groups -OCH3 is 1. The zero-order valence-corrected chi connectivity index (χ0v) is 21.6. The molecule has 4 bridgehead atoms. The van der Waals surface area contributed by atoms with Crippen molar-refractivity contribution in [2.45, 2.75) is 57.3 Å². The van der Waals surface area contributed by atoms with E-state index in [1.54, 1.807) is 7.11 Å². The topological polar surface area (TPSA) is 47.9 Å². The number of aromatic hydroxyl groups is 1. The number of fused-ring (bicyclic) bond motifs is 1. The first-order valence-electron chi connectivity index (χ1n) is 13.7. The van der Waals surface area contributed by atoms with Gasteiger partial charge in [0.1, 0.15) is 11.5 Å². The fourth-order valence-electron chi connectivity index (χ4n) is 7.78.